The highest BCUT2D eigenvalue weighted by atomic mass is 35.5. The van der Waals surface area contributed by atoms with E-state index in [1.807, 2.05) is 18.5 Å². The summed E-state index contributed by atoms with van der Waals surface area (Å²) in [6.07, 6.45) is 1.44. The van der Waals surface area contributed by atoms with Gasteiger partial charge in [-0.05, 0) is 6.92 Å². The molecule has 0 aromatic carbocycles. The average molecular weight is 183 g/mol. The molecule has 0 aliphatic rings. The molecule has 0 atom stereocenters. The molecule has 2 aromatic heterocycles. The van der Waals surface area contributed by atoms with Gasteiger partial charge in [0.1, 0.15) is 17.7 Å². The van der Waals surface area contributed by atoms with Crippen LogP contribution in [0.3, 0.4) is 0 Å². The molecule has 0 saturated heterocycles. The van der Waals surface area contributed by atoms with Gasteiger partial charge in [-0.15, -0.1) is 0 Å². The second-order valence-corrected chi connectivity index (χ2v) is 2.91. The fraction of sp³-hybridized carbons (Fsp3) is 0.286. The normalized spacial score (nSPS) is 10.9. The first kappa shape index (κ1) is 7.49. The number of imidazole rings is 1. The summed E-state index contributed by atoms with van der Waals surface area (Å²) >= 11 is 5.82. The summed E-state index contributed by atoms with van der Waals surface area (Å²) in [7, 11) is 1.90. The molecule has 5 heteroatoms. The Kier molecular flexibility index (Phi) is 1.51. The van der Waals surface area contributed by atoms with E-state index in [9.17, 15) is 0 Å². The Morgan fingerprint density at radius 3 is 2.83 bits per heavy atom. The zero-order valence-corrected chi connectivity index (χ0v) is 7.50. The fourth-order valence-corrected chi connectivity index (χ4v) is 1.25. The van der Waals surface area contributed by atoms with Crippen LogP contribution in [-0.4, -0.2) is 19.5 Å². The van der Waals surface area contributed by atoms with Gasteiger partial charge in [-0.1, -0.05) is 11.6 Å². The smallest absolute Gasteiger partial charge is 0.164 e. The summed E-state index contributed by atoms with van der Waals surface area (Å²) in [6, 6.07) is 0. The Balaban J connectivity index is 2.95. The highest BCUT2D eigenvalue weighted by molar-refractivity contribution is 6.33. The third-order valence-electron chi connectivity index (χ3n) is 1.84. The minimum atomic E-state index is 0.406. The average Bonchev–Trinajstić information content (AvgIpc) is 2.32. The largest absolute Gasteiger partial charge is 0.316 e. The van der Waals surface area contributed by atoms with Gasteiger partial charge in [0.05, 0.1) is 0 Å². The van der Waals surface area contributed by atoms with Gasteiger partial charge in [-0.2, -0.15) is 0 Å². The summed E-state index contributed by atoms with van der Waals surface area (Å²) < 4.78 is 1.88. The molecule has 0 unspecified atom stereocenters. The van der Waals surface area contributed by atoms with Gasteiger partial charge in [-0.3, -0.25) is 0 Å². The number of aryl methyl sites for hydroxylation is 2. The summed E-state index contributed by atoms with van der Waals surface area (Å²) in [5.41, 5.74) is 1.44. The first-order valence-electron chi connectivity index (χ1n) is 3.49. The van der Waals surface area contributed by atoms with Crippen LogP contribution in [0.25, 0.3) is 11.2 Å². The van der Waals surface area contributed by atoms with E-state index in [4.69, 9.17) is 11.6 Å². The summed E-state index contributed by atoms with van der Waals surface area (Å²) in [4.78, 5) is 12.1. The number of nitrogens with zero attached hydrogens (tertiary/aromatic N) is 4. The van der Waals surface area contributed by atoms with E-state index in [0.717, 1.165) is 11.5 Å². The molecule has 0 aliphatic carbocycles. The van der Waals surface area contributed by atoms with E-state index < -0.39 is 0 Å². The van der Waals surface area contributed by atoms with Crippen LogP contribution in [-0.2, 0) is 7.05 Å². The van der Waals surface area contributed by atoms with Gasteiger partial charge in [0.25, 0.3) is 0 Å². The minimum Gasteiger partial charge on any atom is -0.316 e. The topological polar surface area (TPSA) is 43.6 Å². The van der Waals surface area contributed by atoms with Crippen molar-refractivity contribution >= 4 is 22.8 Å². The zero-order chi connectivity index (χ0) is 8.72. The Hall–Kier alpha value is -1.16. The Morgan fingerprint density at radius 1 is 1.42 bits per heavy atom. The lowest BCUT2D eigenvalue weighted by Gasteiger charge is -1.93. The first-order valence-corrected chi connectivity index (χ1v) is 3.87. The summed E-state index contributed by atoms with van der Waals surface area (Å²) in [6.45, 7) is 1.90. The molecule has 0 radical (unpaired) electrons. The Labute approximate surface area is 74.2 Å². The van der Waals surface area contributed by atoms with E-state index in [1.165, 1.54) is 6.33 Å². The highest BCUT2D eigenvalue weighted by Gasteiger charge is 2.08. The van der Waals surface area contributed by atoms with Crippen molar-refractivity contribution in [1.29, 1.82) is 0 Å². The van der Waals surface area contributed by atoms with Crippen molar-refractivity contribution in [2.45, 2.75) is 6.92 Å². The molecule has 0 bridgehead atoms. The Bertz CT molecular complexity index is 434. The summed E-state index contributed by atoms with van der Waals surface area (Å²) in [5.74, 6) is 0.882. The third kappa shape index (κ3) is 0.881. The molecule has 2 heterocycles. The van der Waals surface area contributed by atoms with Gasteiger partial charge < -0.3 is 4.57 Å². The van der Waals surface area contributed by atoms with Crippen LogP contribution in [0.4, 0.5) is 0 Å². The molecule has 0 spiro atoms. The first-order chi connectivity index (χ1) is 5.70. The van der Waals surface area contributed by atoms with Crippen LogP contribution in [0.15, 0.2) is 6.33 Å². The summed E-state index contributed by atoms with van der Waals surface area (Å²) in [5, 5.41) is 0.406. The van der Waals surface area contributed by atoms with Crippen molar-refractivity contribution < 1.29 is 0 Å². The number of rotatable bonds is 0. The molecule has 2 aromatic rings. The van der Waals surface area contributed by atoms with Crippen LogP contribution in [0.5, 0.6) is 0 Å². The molecular formula is C7H7ClN4. The maximum atomic E-state index is 5.82. The van der Waals surface area contributed by atoms with Gasteiger partial charge in [0.15, 0.2) is 10.8 Å². The highest BCUT2D eigenvalue weighted by Crippen LogP contribution is 2.17. The molecular weight excluding hydrogens is 176 g/mol. The monoisotopic (exact) mass is 182 g/mol. The number of hydrogen-bond donors (Lipinski definition) is 0. The van der Waals surface area contributed by atoms with Crippen LogP contribution >= 0.6 is 11.6 Å². The predicted octanol–water partition coefficient (Wildman–Crippen LogP) is 1.33. The lowest BCUT2D eigenvalue weighted by atomic mass is 10.6. The van der Waals surface area contributed by atoms with E-state index in [2.05, 4.69) is 15.0 Å². The predicted molar refractivity (Wildman–Crippen MR) is 46.1 cm³/mol. The van der Waals surface area contributed by atoms with Crippen LogP contribution in [0, 0.1) is 6.92 Å². The fourth-order valence-electron chi connectivity index (χ4n) is 1.08. The van der Waals surface area contributed by atoms with E-state index in [-0.39, 0.29) is 0 Å². The van der Waals surface area contributed by atoms with Crippen LogP contribution < -0.4 is 0 Å². The minimum absolute atomic E-state index is 0.406. The molecule has 4 nitrogen and oxygen atoms in total. The number of fused-ring (bicyclic) bond motifs is 1. The molecule has 0 aliphatic heterocycles. The molecule has 62 valence electrons. The van der Waals surface area contributed by atoms with Crippen LogP contribution in [0.2, 0.25) is 5.15 Å². The lowest BCUT2D eigenvalue weighted by molar-refractivity contribution is 0.873. The molecule has 0 fully saturated rings. The van der Waals surface area contributed by atoms with Crippen molar-refractivity contribution in [3.8, 4) is 0 Å². The molecule has 12 heavy (non-hydrogen) atoms. The maximum Gasteiger partial charge on any atom is 0.164 e. The van der Waals surface area contributed by atoms with Crippen molar-refractivity contribution in [2.24, 2.45) is 7.05 Å². The third-order valence-corrected chi connectivity index (χ3v) is 2.11. The quantitative estimate of drug-likeness (QED) is 0.578. The van der Waals surface area contributed by atoms with Crippen LogP contribution in [0.1, 0.15) is 5.82 Å². The SMILES string of the molecule is Cc1nc2c(Cl)ncnc2n1C. The zero-order valence-electron chi connectivity index (χ0n) is 6.74. The standard InChI is InChI=1S/C7H7ClN4/c1-4-11-5-6(8)9-3-10-7(5)12(4)2/h3H,1-2H3. The van der Waals surface area contributed by atoms with E-state index >= 15 is 0 Å². The second-order valence-electron chi connectivity index (χ2n) is 2.55. The van der Waals surface area contributed by atoms with Gasteiger partial charge in [0, 0.05) is 7.05 Å². The van der Waals surface area contributed by atoms with E-state index in [1.54, 1.807) is 0 Å². The molecule has 2 rings (SSSR count). The maximum absolute atomic E-state index is 5.82. The van der Waals surface area contributed by atoms with E-state index in [0.29, 0.717) is 10.7 Å². The number of halogens is 1. The van der Waals surface area contributed by atoms with Crippen molar-refractivity contribution in [3.05, 3.63) is 17.3 Å². The van der Waals surface area contributed by atoms with Gasteiger partial charge in [0.2, 0.25) is 0 Å². The number of hydrogen-bond acceptors (Lipinski definition) is 3. The van der Waals surface area contributed by atoms with Crippen molar-refractivity contribution in [3.63, 3.8) is 0 Å². The van der Waals surface area contributed by atoms with Gasteiger partial charge in [-0.25, -0.2) is 15.0 Å². The van der Waals surface area contributed by atoms with Gasteiger partial charge >= 0.3 is 0 Å². The lowest BCUT2D eigenvalue weighted by Crippen LogP contribution is -1.92. The Morgan fingerprint density at radius 2 is 2.17 bits per heavy atom. The molecule has 0 N–H and O–H groups in total. The van der Waals surface area contributed by atoms with Crippen molar-refractivity contribution in [2.75, 3.05) is 0 Å². The number of aromatic nitrogens is 4. The second kappa shape index (κ2) is 2.42. The molecule has 0 saturated carbocycles. The molecule has 0 amide bonds. The van der Waals surface area contributed by atoms with Crippen molar-refractivity contribution in [1.82, 2.24) is 19.5 Å².